The van der Waals surface area contributed by atoms with E-state index in [1.54, 1.807) is 17.0 Å². The number of likely N-dealkylation sites (N-methyl/N-ethyl adjacent to an activating group) is 1. The van der Waals surface area contributed by atoms with Gasteiger partial charge in [-0.25, -0.2) is 8.42 Å². The van der Waals surface area contributed by atoms with Crippen LogP contribution in [0.4, 0.5) is 0 Å². The van der Waals surface area contributed by atoms with Crippen molar-refractivity contribution in [1.82, 2.24) is 14.5 Å². The van der Waals surface area contributed by atoms with Gasteiger partial charge in [-0.2, -0.15) is 4.31 Å². The van der Waals surface area contributed by atoms with Crippen LogP contribution >= 0.6 is 0 Å². The van der Waals surface area contributed by atoms with Crippen LogP contribution in [-0.2, 0) is 19.6 Å². The van der Waals surface area contributed by atoms with Crippen LogP contribution in [0.2, 0.25) is 0 Å². The molecule has 0 saturated carbocycles. The number of benzene rings is 1. The molecule has 1 fully saturated rings. The van der Waals surface area contributed by atoms with Crippen LogP contribution in [0.3, 0.4) is 0 Å². The molecule has 1 aromatic rings. The van der Waals surface area contributed by atoms with Gasteiger partial charge < -0.3 is 10.2 Å². The van der Waals surface area contributed by atoms with E-state index >= 15 is 0 Å². The van der Waals surface area contributed by atoms with Gasteiger partial charge in [0.05, 0.1) is 18.0 Å². The van der Waals surface area contributed by atoms with Crippen molar-refractivity contribution in [3.63, 3.8) is 0 Å². The molecule has 0 aliphatic carbocycles. The number of hydrogen-bond acceptors (Lipinski definition) is 4. The highest BCUT2D eigenvalue weighted by atomic mass is 32.2. The summed E-state index contributed by atoms with van der Waals surface area (Å²) in [6.45, 7) is 2.87. The molecule has 1 aliphatic heterocycles. The monoisotopic (exact) mass is 353 g/mol. The van der Waals surface area contributed by atoms with Gasteiger partial charge in [-0.05, 0) is 31.9 Å². The number of carbonyl (C=O) groups is 2. The molecule has 0 bridgehead atoms. The lowest BCUT2D eigenvalue weighted by atomic mass is 10.2. The van der Waals surface area contributed by atoms with Crippen LogP contribution in [0.1, 0.15) is 18.4 Å². The summed E-state index contributed by atoms with van der Waals surface area (Å²) in [6.07, 6.45) is 1.97. The molecule has 1 aromatic carbocycles. The molecule has 8 heteroatoms. The van der Waals surface area contributed by atoms with E-state index in [4.69, 9.17) is 0 Å². The van der Waals surface area contributed by atoms with Gasteiger partial charge in [-0.3, -0.25) is 9.59 Å². The summed E-state index contributed by atoms with van der Waals surface area (Å²) in [4.78, 5) is 25.6. The normalized spacial score (nSPS) is 14.9. The molecule has 0 spiro atoms. The summed E-state index contributed by atoms with van der Waals surface area (Å²) in [5.41, 5.74) is 0.953. The lowest BCUT2D eigenvalue weighted by Gasteiger charge is -2.18. The van der Waals surface area contributed by atoms with Crippen molar-refractivity contribution in [3.05, 3.63) is 29.8 Å². The van der Waals surface area contributed by atoms with Gasteiger partial charge in [-0.15, -0.1) is 0 Å². The average molecular weight is 353 g/mol. The van der Waals surface area contributed by atoms with Crippen LogP contribution in [0.15, 0.2) is 29.2 Å². The topological polar surface area (TPSA) is 86.8 Å². The molecule has 0 radical (unpaired) electrons. The largest absolute Gasteiger partial charge is 0.346 e. The molecule has 24 heavy (non-hydrogen) atoms. The minimum Gasteiger partial charge on any atom is -0.346 e. The SMILES string of the molecule is Cc1ccc(S(=O)(=O)N(C)CC(=O)NCC(=O)N2CCCC2)cc1. The fourth-order valence-electron chi connectivity index (χ4n) is 2.49. The first-order valence-corrected chi connectivity index (χ1v) is 9.32. The van der Waals surface area contributed by atoms with Crippen molar-refractivity contribution >= 4 is 21.8 Å². The Morgan fingerprint density at radius 1 is 1.17 bits per heavy atom. The summed E-state index contributed by atoms with van der Waals surface area (Å²) in [5.74, 6) is -0.634. The number of hydrogen-bond donors (Lipinski definition) is 1. The predicted octanol–water partition coefficient (Wildman–Crippen LogP) is 0.354. The maximum atomic E-state index is 12.4. The summed E-state index contributed by atoms with van der Waals surface area (Å²) in [7, 11) is -2.38. The Morgan fingerprint density at radius 2 is 1.75 bits per heavy atom. The highest BCUT2D eigenvalue weighted by molar-refractivity contribution is 7.89. The third-order valence-electron chi connectivity index (χ3n) is 3.99. The van der Waals surface area contributed by atoms with Gasteiger partial charge in [0.1, 0.15) is 0 Å². The number of nitrogens with one attached hydrogen (secondary N) is 1. The zero-order valence-electron chi connectivity index (χ0n) is 14.0. The summed E-state index contributed by atoms with van der Waals surface area (Å²) >= 11 is 0. The fraction of sp³-hybridized carbons (Fsp3) is 0.500. The highest BCUT2D eigenvalue weighted by Gasteiger charge is 2.23. The van der Waals surface area contributed by atoms with Crippen molar-refractivity contribution in [3.8, 4) is 0 Å². The molecule has 1 N–H and O–H groups in total. The van der Waals surface area contributed by atoms with Gasteiger partial charge in [0.15, 0.2) is 0 Å². The van der Waals surface area contributed by atoms with E-state index in [1.807, 2.05) is 6.92 Å². The first-order valence-electron chi connectivity index (χ1n) is 7.88. The van der Waals surface area contributed by atoms with Crippen molar-refractivity contribution in [2.75, 3.05) is 33.2 Å². The summed E-state index contributed by atoms with van der Waals surface area (Å²) in [6, 6.07) is 6.43. The zero-order valence-corrected chi connectivity index (χ0v) is 14.8. The second kappa shape index (κ2) is 7.76. The Kier molecular flexibility index (Phi) is 5.95. The van der Waals surface area contributed by atoms with E-state index in [2.05, 4.69) is 5.32 Å². The molecule has 7 nitrogen and oxygen atoms in total. The molecule has 132 valence electrons. The Hall–Kier alpha value is -1.93. The number of aryl methyl sites for hydroxylation is 1. The third-order valence-corrected chi connectivity index (χ3v) is 5.81. The second-order valence-electron chi connectivity index (χ2n) is 5.94. The number of amides is 2. The van der Waals surface area contributed by atoms with Crippen LogP contribution < -0.4 is 5.32 Å². The number of rotatable bonds is 6. The van der Waals surface area contributed by atoms with Crippen molar-refractivity contribution < 1.29 is 18.0 Å². The van der Waals surface area contributed by atoms with Crippen LogP contribution in [0.25, 0.3) is 0 Å². The molecule has 1 saturated heterocycles. The highest BCUT2D eigenvalue weighted by Crippen LogP contribution is 2.14. The van der Waals surface area contributed by atoms with Crippen LogP contribution in [-0.4, -0.2) is 62.7 Å². The fourth-order valence-corrected chi connectivity index (χ4v) is 3.61. The number of sulfonamides is 1. The number of carbonyl (C=O) groups excluding carboxylic acids is 2. The van der Waals surface area contributed by atoms with E-state index in [9.17, 15) is 18.0 Å². The first-order chi connectivity index (χ1) is 11.3. The number of nitrogens with zero attached hydrogens (tertiary/aromatic N) is 2. The van der Waals surface area contributed by atoms with E-state index in [0.717, 1.165) is 35.8 Å². The van der Waals surface area contributed by atoms with Gasteiger partial charge in [-0.1, -0.05) is 17.7 Å². The molecule has 0 aromatic heterocycles. The third kappa shape index (κ3) is 4.55. The molecule has 2 rings (SSSR count). The lowest BCUT2D eigenvalue weighted by molar-refractivity contribution is -0.132. The molecule has 0 unspecified atom stereocenters. The minimum atomic E-state index is -3.73. The summed E-state index contributed by atoms with van der Waals surface area (Å²) in [5, 5.41) is 2.49. The molecule has 0 atom stereocenters. The Morgan fingerprint density at radius 3 is 2.33 bits per heavy atom. The quantitative estimate of drug-likeness (QED) is 0.800. The Balaban J connectivity index is 1.88. The molecular formula is C16H23N3O4S. The second-order valence-corrected chi connectivity index (χ2v) is 7.98. The first kappa shape index (κ1) is 18.4. The van der Waals surface area contributed by atoms with E-state index in [1.165, 1.54) is 19.2 Å². The average Bonchev–Trinajstić information content (AvgIpc) is 3.07. The van der Waals surface area contributed by atoms with Crippen molar-refractivity contribution in [1.29, 1.82) is 0 Å². The standard InChI is InChI=1S/C16H23N3O4S/c1-13-5-7-14(8-6-13)24(22,23)18(2)12-15(20)17-11-16(21)19-9-3-4-10-19/h5-8H,3-4,9-12H2,1-2H3,(H,17,20). The van der Waals surface area contributed by atoms with Crippen LogP contribution in [0.5, 0.6) is 0 Å². The van der Waals surface area contributed by atoms with Gasteiger partial charge in [0, 0.05) is 20.1 Å². The van der Waals surface area contributed by atoms with Gasteiger partial charge in [0.2, 0.25) is 21.8 Å². The zero-order chi connectivity index (χ0) is 17.7. The van der Waals surface area contributed by atoms with E-state index in [-0.39, 0.29) is 23.9 Å². The predicted molar refractivity (Wildman–Crippen MR) is 89.8 cm³/mol. The maximum absolute atomic E-state index is 12.4. The van der Waals surface area contributed by atoms with Crippen molar-refractivity contribution in [2.45, 2.75) is 24.7 Å². The Labute approximate surface area is 142 Å². The lowest BCUT2D eigenvalue weighted by Crippen LogP contribution is -2.43. The maximum Gasteiger partial charge on any atom is 0.243 e. The smallest absolute Gasteiger partial charge is 0.243 e. The van der Waals surface area contributed by atoms with Crippen LogP contribution in [0, 0.1) is 6.92 Å². The molecular weight excluding hydrogens is 330 g/mol. The molecule has 2 amide bonds. The molecule has 1 aliphatic rings. The number of likely N-dealkylation sites (tertiary alicyclic amines) is 1. The van der Waals surface area contributed by atoms with E-state index in [0.29, 0.717) is 0 Å². The Bertz CT molecular complexity index is 695. The van der Waals surface area contributed by atoms with Crippen molar-refractivity contribution in [2.24, 2.45) is 0 Å². The van der Waals surface area contributed by atoms with E-state index < -0.39 is 15.9 Å². The molecule has 1 heterocycles. The summed E-state index contributed by atoms with van der Waals surface area (Å²) < 4.78 is 25.8. The minimum absolute atomic E-state index is 0.0999. The van der Waals surface area contributed by atoms with Gasteiger partial charge >= 0.3 is 0 Å². The van der Waals surface area contributed by atoms with Gasteiger partial charge in [0.25, 0.3) is 0 Å².